The van der Waals surface area contributed by atoms with Gasteiger partial charge in [-0.2, -0.15) is 0 Å². The number of aliphatic hydroxyl groups excluding tert-OH is 1. The van der Waals surface area contributed by atoms with Gasteiger partial charge in [-0.05, 0) is 0 Å². The average Bonchev–Trinajstić information content (AvgIpc) is 1.80. The summed E-state index contributed by atoms with van der Waals surface area (Å²) in [6, 6.07) is 0. The SMILES string of the molecule is C=C(NCCO)C(C)(C)C. The highest BCUT2D eigenvalue weighted by atomic mass is 16.3. The van der Waals surface area contributed by atoms with Crippen molar-refractivity contribution in [1.82, 2.24) is 5.32 Å². The molecule has 0 heterocycles. The fraction of sp³-hybridized carbons (Fsp3) is 0.750. The number of allylic oxidation sites excluding steroid dienone is 1. The van der Waals surface area contributed by atoms with E-state index in [9.17, 15) is 0 Å². The first kappa shape index (κ1) is 9.50. The molecule has 10 heavy (non-hydrogen) atoms. The van der Waals surface area contributed by atoms with Crippen LogP contribution in [0.15, 0.2) is 12.3 Å². The molecule has 0 amide bonds. The van der Waals surface area contributed by atoms with Gasteiger partial charge in [-0.25, -0.2) is 0 Å². The van der Waals surface area contributed by atoms with E-state index in [1.54, 1.807) is 0 Å². The van der Waals surface area contributed by atoms with Crippen LogP contribution >= 0.6 is 0 Å². The molecule has 0 aliphatic heterocycles. The Morgan fingerprint density at radius 2 is 2.00 bits per heavy atom. The molecule has 0 saturated carbocycles. The summed E-state index contributed by atoms with van der Waals surface area (Å²) in [7, 11) is 0. The van der Waals surface area contributed by atoms with E-state index < -0.39 is 0 Å². The Morgan fingerprint density at radius 3 is 2.30 bits per heavy atom. The Bertz CT molecular complexity index is 113. The monoisotopic (exact) mass is 143 g/mol. The Morgan fingerprint density at radius 1 is 1.50 bits per heavy atom. The molecule has 0 rings (SSSR count). The van der Waals surface area contributed by atoms with Gasteiger partial charge in [0.05, 0.1) is 6.61 Å². The van der Waals surface area contributed by atoms with Gasteiger partial charge in [0, 0.05) is 17.7 Å². The quantitative estimate of drug-likeness (QED) is 0.620. The molecule has 0 unspecified atom stereocenters. The lowest BCUT2D eigenvalue weighted by atomic mass is 9.93. The van der Waals surface area contributed by atoms with Gasteiger partial charge < -0.3 is 10.4 Å². The molecule has 0 fully saturated rings. The summed E-state index contributed by atoms with van der Waals surface area (Å²) in [5, 5.41) is 11.5. The fourth-order valence-electron chi connectivity index (χ4n) is 0.472. The van der Waals surface area contributed by atoms with Crippen molar-refractivity contribution in [2.24, 2.45) is 5.41 Å². The smallest absolute Gasteiger partial charge is 0.0603 e. The van der Waals surface area contributed by atoms with Crippen LogP contribution in [0.2, 0.25) is 0 Å². The second-order valence-corrected chi connectivity index (χ2v) is 3.38. The van der Waals surface area contributed by atoms with E-state index in [0.29, 0.717) is 6.54 Å². The Balaban J connectivity index is 3.64. The molecular formula is C8H17NO. The zero-order valence-electron chi connectivity index (χ0n) is 7.07. The first-order chi connectivity index (χ1) is 4.48. The molecule has 2 heteroatoms. The molecule has 0 spiro atoms. The van der Waals surface area contributed by atoms with Crippen LogP contribution in [0.4, 0.5) is 0 Å². The fourth-order valence-corrected chi connectivity index (χ4v) is 0.472. The zero-order valence-corrected chi connectivity index (χ0v) is 7.07. The van der Waals surface area contributed by atoms with E-state index in [0.717, 1.165) is 5.70 Å². The first-order valence-corrected chi connectivity index (χ1v) is 3.52. The second kappa shape index (κ2) is 3.62. The molecule has 0 saturated heterocycles. The van der Waals surface area contributed by atoms with Crippen molar-refractivity contribution in [2.75, 3.05) is 13.2 Å². The van der Waals surface area contributed by atoms with E-state index in [-0.39, 0.29) is 12.0 Å². The van der Waals surface area contributed by atoms with Crippen molar-refractivity contribution < 1.29 is 5.11 Å². The van der Waals surface area contributed by atoms with Crippen LogP contribution in [-0.4, -0.2) is 18.3 Å². The summed E-state index contributed by atoms with van der Waals surface area (Å²) in [6.45, 7) is 10.8. The summed E-state index contributed by atoms with van der Waals surface area (Å²) >= 11 is 0. The molecule has 2 N–H and O–H groups in total. The van der Waals surface area contributed by atoms with Crippen LogP contribution in [0.1, 0.15) is 20.8 Å². The Kier molecular flexibility index (Phi) is 3.43. The van der Waals surface area contributed by atoms with E-state index in [4.69, 9.17) is 5.11 Å². The van der Waals surface area contributed by atoms with Crippen LogP contribution in [-0.2, 0) is 0 Å². The second-order valence-electron chi connectivity index (χ2n) is 3.38. The summed E-state index contributed by atoms with van der Waals surface area (Å²) in [5.41, 5.74) is 1.07. The normalized spacial score (nSPS) is 11.2. The lowest BCUT2D eigenvalue weighted by Gasteiger charge is -2.22. The third kappa shape index (κ3) is 3.51. The number of aliphatic hydroxyl groups is 1. The lowest BCUT2D eigenvalue weighted by molar-refractivity contribution is 0.291. The van der Waals surface area contributed by atoms with Gasteiger partial charge in [0.1, 0.15) is 0 Å². The molecule has 0 aromatic heterocycles. The molecule has 60 valence electrons. The van der Waals surface area contributed by atoms with Gasteiger partial charge >= 0.3 is 0 Å². The number of hydrogen-bond acceptors (Lipinski definition) is 2. The van der Waals surface area contributed by atoms with Crippen molar-refractivity contribution in [3.63, 3.8) is 0 Å². The molecule has 0 aromatic rings. The molecule has 0 aliphatic carbocycles. The highest BCUT2D eigenvalue weighted by molar-refractivity contribution is 5.01. The molecular weight excluding hydrogens is 126 g/mol. The topological polar surface area (TPSA) is 32.3 Å². The largest absolute Gasteiger partial charge is 0.395 e. The van der Waals surface area contributed by atoms with Crippen LogP contribution in [0.3, 0.4) is 0 Å². The first-order valence-electron chi connectivity index (χ1n) is 3.52. The van der Waals surface area contributed by atoms with Crippen molar-refractivity contribution in [3.05, 3.63) is 12.3 Å². The highest BCUT2D eigenvalue weighted by Gasteiger charge is 2.13. The minimum absolute atomic E-state index is 0.0924. The van der Waals surface area contributed by atoms with Gasteiger partial charge in [-0.15, -0.1) is 0 Å². The van der Waals surface area contributed by atoms with Crippen molar-refractivity contribution in [2.45, 2.75) is 20.8 Å². The Labute approximate surface area is 62.9 Å². The maximum absolute atomic E-state index is 8.48. The van der Waals surface area contributed by atoms with Crippen molar-refractivity contribution in [3.8, 4) is 0 Å². The maximum atomic E-state index is 8.48. The number of nitrogens with one attached hydrogen (secondary N) is 1. The highest BCUT2D eigenvalue weighted by Crippen LogP contribution is 2.20. The van der Waals surface area contributed by atoms with Crippen LogP contribution in [0.5, 0.6) is 0 Å². The summed E-state index contributed by atoms with van der Waals surface area (Å²) in [4.78, 5) is 0. The van der Waals surface area contributed by atoms with E-state index >= 15 is 0 Å². The molecule has 0 bridgehead atoms. The lowest BCUT2D eigenvalue weighted by Crippen LogP contribution is -2.25. The van der Waals surface area contributed by atoms with Crippen LogP contribution in [0.25, 0.3) is 0 Å². The standard InChI is InChI=1S/C8H17NO/c1-7(8(2,3)4)9-5-6-10/h9-10H,1,5-6H2,2-4H3. The minimum Gasteiger partial charge on any atom is -0.395 e. The minimum atomic E-state index is 0.0924. The van der Waals surface area contributed by atoms with Gasteiger partial charge in [0.15, 0.2) is 0 Å². The predicted molar refractivity (Wildman–Crippen MR) is 43.7 cm³/mol. The predicted octanol–water partition coefficient (Wildman–Crippen LogP) is 1.13. The average molecular weight is 143 g/mol. The summed E-state index contributed by atoms with van der Waals surface area (Å²) in [6.07, 6.45) is 0. The molecule has 0 atom stereocenters. The third-order valence-corrected chi connectivity index (χ3v) is 1.36. The zero-order chi connectivity index (χ0) is 8.20. The van der Waals surface area contributed by atoms with Gasteiger partial charge in [-0.3, -0.25) is 0 Å². The molecule has 0 aromatic carbocycles. The van der Waals surface area contributed by atoms with Gasteiger partial charge in [0.25, 0.3) is 0 Å². The van der Waals surface area contributed by atoms with Crippen LogP contribution in [0, 0.1) is 5.41 Å². The van der Waals surface area contributed by atoms with E-state index in [2.05, 4.69) is 32.7 Å². The molecule has 0 radical (unpaired) electrons. The molecule has 0 aliphatic rings. The number of rotatable bonds is 3. The third-order valence-electron chi connectivity index (χ3n) is 1.36. The van der Waals surface area contributed by atoms with Gasteiger partial charge in [0.2, 0.25) is 0 Å². The van der Waals surface area contributed by atoms with Crippen molar-refractivity contribution in [1.29, 1.82) is 0 Å². The maximum Gasteiger partial charge on any atom is 0.0603 e. The summed E-state index contributed by atoms with van der Waals surface area (Å²) < 4.78 is 0. The van der Waals surface area contributed by atoms with E-state index in [1.165, 1.54) is 0 Å². The van der Waals surface area contributed by atoms with Crippen molar-refractivity contribution >= 4 is 0 Å². The molecule has 2 nitrogen and oxygen atoms in total. The van der Waals surface area contributed by atoms with E-state index in [1.807, 2.05) is 0 Å². The summed E-state index contributed by atoms with van der Waals surface area (Å²) in [5.74, 6) is 0. The number of hydrogen-bond donors (Lipinski definition) is 2. The Hall–Kier alpha value is -0.500. The van der Waals surface area contributed by atoms with Gasteiger partial charge in [-0.1, -0.05) is 27.4 Å². The van der Waals surface area contributed by atoms with Crippen LogP contribution < -0.4 is 5.32 Å².